The van der Waals surface area contributed by atoms with Crippen LogP contribution >= 0.6 is 0 Å². The second-order valence-corrected chi connectivity index (χ2v) is 5.67. The maximum atomic E-state index is 10.3. The van der Waals surface area contributed by atoms with Crippen molar-refractivity contribution in [3.63, 3.8) is 0 Å². The molecule has 1 aromatic carbocycles. The summed E-state index contributed by atoms with van der Waals surface area (Å²) in [5, 5.41) is 14.0. The van der Waals surface area contributed by atoms with Gasteiger partial charge in [-0.3, -0.25) is 0 Å². The second kappa shape index (κ2) is 6.45. The van der Waals surface area contributed by atoms with Crippen molar-refractivity contribution in [3.8, 4) is 0 Å². The molecular weight excluding hydrogens is 302 g/mol. The number of aliphatic hydroxyl groups excluding tert-OH is 1. The molecule has 3 rings (SSSR count). The molecule has 2 heterocycles. The van der Waals surface area contributed by atoms with Gasteiger partial charge in [0.05, 0.1) is 12.6 Å². The minimum absolute atomic E-state index is 0.236. The standard InChI is InChI=1S/C15H19N3O5/c1-15(9-6-4-3-5-7-9)21-8-10-13(23-15)11(17-18-16)12(19)14(20-2)22-10/h3-7,10-14,19H,8H2,1-2H3/t10-,11+,12-,13+,14+,15-/m0/s1. The summed E-state index contributed by atoms with van der Waals surface area (Å²) in [6, 6.07) is 8.63. The Morgan fingerprint density at radius 3 is 2.78 bits per heavy atom. The third-order valence-corrected chi connectivity index (χ3v) is 4.24. The SMILES string of the molecule is CO[C@@H]1O[C@H]2CO[C@](C)(c3ccccc3)O[C@H]2[C@H](N=[N+]=[N-])[C@@H]1O. The van der Waals surface area contributed by atoms with Gasteiger partial charge in [0, 0.05) is 17.6 Å². The van der Waals surface area contributed by atoms with Crippen LogP contribution in [0.15, 0.2) is 35.4 Å². The van der Waals surface area contributed by atoms with Crippen molar-refractivity contribution >= 4 is 0 Å². The van der Waals surface area contributed by atoms with E-state index in [9.17, 15) is 5.11 Å². The van der Waals surface area contributed by atoms with Crippen molar-refractivity contribution in [1.29, 1.82) is 0 Å². The highest BCUT2D eigenvalue weighted by Crippen LogP contribution is 2.39. The van der Waals surface area contributed by atoms with Crippen molar-refractivity contribution in [2.45, 2.75) is 43.4 Å². The number of hydrogen-bond acceptors (Lipinski definition) is 6. The van der Waals surface area contributed by atoms with E-state index in [-0.39, 0.29) is 6.61 Å². The van der Waals surface area contributed by atoms with Gasteiger partial charge in [-0.05, 0) is 12.5 Å². The van der Waals surface area contributed by atoms with Gasteiger partial charge in [0.15, 0.2) is 12.1 Å². The van der Waals surface area contributed by atoms with Gasteiger partial charge in [0.2, 0.25) is 0 Å². The zero-order valence-electron chi connectivity index (χ0n) is 12.9. The van der Waals surface area contributed by atoms with Crippen LogP contribution < -0.4 is 0 Å². The van der Waals surface area contributed by atoms with Crippen molar-refractivity contribution in [2.75, 3.05) is 13.7 Å². The average Bonchev–Trinajstić information content (AvgIpc) is 2.58. The Bertz CT molecular complexity index is 594. The Labute approximate surface area is 133 Å². The molecule has 0 aromatic heterocycles. The summed E-state index contributed by atoms with van der Waals surface area (Å²) >= 11 is 0. The van der Waals surface area contributed by atoms with E-state index in [4.69, 9.17) is 24.5 Å². The van der Waals surface area contributed by atoms with Crippen LogP contribution in [0.1, 0.15) is 12.5 Å². The van der Waals surface area contributed by atoms with E-state index in [0.29, 0.717) is 0 Å². The predicted octanol–water partition coefficient (Wildman–Crippen LogP) is 1.69. The molecule has 0 radical (unpaired) electrons. The fourth-order valence-electron chi connectivity index (χ4n) is 3.00. The minimum Gasteiger partial charge on any atom is -0.387 e. The lowest BCUT2D eigenvalue weighted by Crippen LogP contribution is -2.63. The van der Waals surface area contributed by atoms with E-state index < -0.39 is 36.4 Å². The number of benzene rings is 1. The maximum Gasteiger partial charge on any atom is 0.192 e. The number of hydrogen-bond donors (Lipinski definition) is 1. The van der Waals surface area contributed by atoms with Gasteiger partial charge in [0.1, 0.15) is 18.3 Å². The van der Waals surface area contributed by atoms with Crippen LogP contribution in [-0.2, 0) is 24.7 Å². The van der Waals surface area contributed by atoms with E-state index >= 15 is 0 Å². The Balaban J connectivity index is 1.89. The molecule has 6 atom stereocenters. The van der Waals surface area contributed by atoms with E-state index in [2.05, 4.69) is 10.0 Å². The van der Waals surface area contributed by atoms with Gasteiger partial charge in [-0.1, -0.05) is 35.4 Å². The molecule has 8 heteroatoms. The molecule has 124 valence electrons. The minimum atomic E-state index is -1.12. The fourth-order valence-corrected chi connectivity index (χ4v) is 3.00. The lowest BCUT2D eigenvalue weighted by molar-refractivity contribution is -0.373. The number of azide groups is 1. The summed E-state index contributed by atoms with van der Waals surface area (Å²) in [4.78, 5) is 2.82. The molecule has 0 spiro atoms. The molecule has 0 saturated carbocycles. The van der Waals surface area contributed by atoms with E-state index in [1.54, 1.807) is 6.92 Å². The molecule has 0 unspecified atom stereocenters. The lowest BCUT2D eigenvalue weighted by Gasteiger charge is -2.49. The smallest absolute Gasteiger partial charge is 0.192 e. The van der Waals surface area contributed by atoms with Crippen molar-refractivity contribution in [3.05, 3.63) is 46.3 Å². The highest BCUT2D eigenvalue weighted by Gasteiger charge is 2.52. The van der Waals surface area contributed by atoms with Crippen LogP contribution in [-0.4, -0.2) is 49.5 Å². The molecule has 0 bridgehead atoms. The van der Waals surface area contributed by atoms with Crippen LogP contribution in [0.2, 0.25) is 0 Å². The number of rotatable bonds is 3. The van der Waals surface area contributed by atoms with Gasteiger partial charge in [-0.25, -0.2) is 0 Å². The predicted molar refractivity (Wildman–Crippen MR) is 79.2 cm³/mol. The third-order valence-electron chi connectivity index (χ3n) is 4.24. The van der Waals surface area contributed by atoms with Crippen LogP contribution in [0.3, 0.4) is 0 Å². The molecule has 2 aliphatic heterocycles. The van der Waals surface area contributed by atoms with Gasteiger partial charge in [-0.15, -0.1) is 0 Å². The monoisotopic (exact) mass is 321 g/mol. The summed E-state index contributed by atoms with van der Waals surface area (Å²) in [6.45, 7) is 2.03. The van der Waals surface area contributed by atoms with Crippen molar-refractivity contribution in [1.82, 2.24) is 0 Å². The molecule has 1 aromatic rings. The first-order valence-electron chi connectivity index (χ1n) is 7.37. The van der Waals surface area contributed by atoms with Crippen LogP contribution in [0.4, 0.5) is 0 Å². The molecule has 8 nitrogen and oxygen atoms in total. The molecule has 2 saturated heterocycles. The Hall–Kier alpha value is -1.67. The summed E-state index contributed by atoms with van der Waals surface area (Å²) in [5.41, 5.74) is 9.65. The first-order valence-corrected chi connectivity index (χ1v) is 7.37. The molecule has 23 heavy (non-hydrogen) atoms. The molecule has 2 aliphatic rings. The molecule has 0 amide bonds. The van der Waals surface area contributed by atoms with Crippen LogP contribution in [0, 0.1) is 0 Å². The first kappa shape index (κ1) is 16.2. The summed E-state index contributed by atoms with van der Waals surface area (Å²) in [6.07, 6.45) is -3.13. The highest BCUT2D eigenvalue weighted by molar-refractivity contribution is 5.20. The first-order chi connectivity index (χ1) is 11.1. The molecule has 2 fully saturated rings. The normalized spacial score (nSPS) is 40.0. The molecule has 0 aliphatic carbocycles. The third kappa shape index (κ3) is 2.92. The summed E-state index contributed by atoms with van der Waals surface area (Å²) in [5.74, 6) is -1.01. The van der Waals surface area contributed by atoms with Crippen molar-refractivity contribution < 1.29 is 24.1 Å². The Morgan fingerprint density at radius 2 is 2.13 bits per heavy atom. The highest BCUT2D eigenvalue weighted by atomic mass is 16.8. The number of aliphatic hydroxyl groups is 1. The van der Waals surface area contributed by atoms with Gasteiger partial charge < -0.3 is 24.1 Å². The summed E-state index contributed by atoms with van der Waals surface area (Å²) in [7, 11) is 1.42. The number of ether oxygens (including phenoxy) is 4. The largest absolute Gasteiger partial charge is 0.387 e. The number of nitrogens with zero attached hydrogens (tertiary/aromatic N) is 3. The van der Waals surface area contributed by atoms with E-state index in [1.807, 2.05) is 30.3 Å². The number of methoxy groups -OCH3 is 1. The van der Waals surface area contributed by atoms with Gasteiger partial charge >= 0.3 is 0 Å². The Morgan fingerprint density at radius 1 is 1.39 bits per heavy atom. The zero-order valence-corrected chi connectivity index (χ0v) is 12.9. The maximum absolute atomic E-state index is 10.3. The average molecular weight is 321 g/mol. The van der Waals surface area contributed by atoms with E-state index in [0.717, 1.165) is 5.56 Å². The van der Waals surface area contributed by atoms with Gasteiger partial charge in [-0.2, -0.15) is 0 Å². The summed E-state index contributed by atoms with van der Waals surface area (Å²) < 4.78 is 22.7. The molecule has 1 N–H and O–H groups in total. The van der Waals surface area contributed by atoms with Crippen LogP contribution in [0.5, 0.6) is 0 Å². The Kier molecular flexibility index (Phi) is 4.54. The van der Waals surface area contributed by atoms with E-state index in [1.165, 1.54) is 7.11 Å². The topological polar surface area (TPSA) is 106 Å². The lowest BCUT2D eigenvalue weighted by atomic mass is 9.94. The van der Waals surface area contributed by atoms with Crippen LogP contribution in [0.25, 0.3) is 10.4 Å². The number of fused-ring (bicyclic) bond motifs is 1. The quantitative estimate of drug-likeness (QED) is 0.518. The van der Waals surface area contributed by atoms with Gasteiger partial charge in [0.25, 0.3) is 0 Å². The fraction of sp³-hybridized carbons (Fsp3) is 0.600. The van der Waals surface area contributed by atoms with Crippen molar-refractivity contribution in [2.24, 2.45) is 5.11 Å². The zero-order chi connectivity index (χ0) is 16.4. The molecular formula is C15H19N3O5. The second-order valence-electron chi connectivity index (χ2n) is 5.67.